The molecule has 0 aliphatic heterocycles. The maximum atomic E-state index is 11.7. The second-order valence-corrected chi connectivity index (χ2v) is 4.54. The van der Waals surface area contributed by atoms with Crippen LogP contribution in [0, 0.1) is 0 Å². The molecule has 0 radical (unpaired) electrons. The Morgan fingerprint density at radius 1 is 1.17 bits per heavy atom. The summed E-state index contributed by atoms with van der Waals surface area (Å²) in [6.07, 6.45) is 9.97. The second kappa shape index (κ2) is 7.69. The van der Waals surface area contributed by atoms with Crippen molar-refractivity contribution in [3.63, 3.8) is 0 Å². The number of hydrogen-bond donors (Lipinski definition) is 0. The molecule has 4 heteroatoms. The molecule has 4 nitrogen and oxygen atoms in total. The Kier molecular flexibility index (Phi) is 6.19. The number of rotatable bonds is 8. The average molecular weight is 250 g/mol. The molecule has 1 rings (SSSR count). The van der Waals surface area contributed by atoms with Gasteiger partial charge >= 0.3 is 5.69 Å². The van der Waals surface area contributed by atoms with Gasteiger partial charge in [-0.25, -0.2) is 4.79 Å². The molecule has 100 valence electrons. The molecule has 0 unspecified atom stereocenters. The Hall–Kier alpha value is -1.58. The fourth-order valence-electron chi connectivity index (χ4n) is 1.91. The lowest BCUT2D eigenvalue weighted by Crippen LogP contribution is -2.37. The Morgan fingerprint density at radius 3 is 2.56 bits per heavy atom. The van der Waals surface area contributed by atoms with Crippen molar-refractivity contribution in [2.24, 2.45) is 7.05 Å². The SMILES string of the molecule is C=CCCCCCCCn1c(=O)ccn(C)c1=O. The summed E-state index contributed by atoms with van der Waals surface area (Å²) in [5.41, 5.74) is -0.432. The summed E-state index contributed by atoms with van der Waals surface area (Å²) in [7, 11) is 1.66. The standard InChI is InChI=1S/C14H22N2O2/c1-3-4-5-6-7-8-9-11-16-13(17)10-12-15(2)14(16)18/h3,10,12H,1,4-9,11H2,2H3. The summed E-state index contributed by atoms with van der Waals surface area (Å²) in [4.78, 5) is 23.2. The molecule has 0 aliphatic rings. The van der Waals surface area contributed by atoms with E-state index in [1.165, 1.54) is 34.2 Å². The minimum atomic E-state index is -0.228. The highest BCUT2D eigenvalue weighted by molar-refractivity contribution is 4.85. The highest BCUT2D eigenvalue weighted by Crippen LogP contribution is 2.05. The zero-order valence-corrected chi connectivity index (χ0v) is 11.1. The quantitative estimate of drug-likeness (QED) is 0.523. The van der Waals surface area contributed by atoms with Gasteiger partial charge in [-0.2, -0.15) is 0 Å². The van der Waals surface area contributed by atoms with E-state index in [2.05, 4.69) is 6.58 Å². The number of aromatic nitrogens is 2. The third kappa shape index (κ3) is 4.35. The van der Waals surface area contributed by atoms with E-state index in [0.29, 0.717) is 6.54 Å². The monoisotopic (exact) mass is 250 g/mol. The van der Waals surface area contributed by atoms with Gasteiger partial charge in [-0.15, -0.1) is 6.58 Å². The largest absolute Gasteiger partial charge is 0.330 e. The van der Waals surface area contributed by atoms with Crippen molar-refractivity contribution in [2.45, 2.75) is 45.1 Å². The fraction of sp³-hybridized carbons (Fsp3) is 0.571. The van der Waals surface area contributed by atoms with Crippen molar-refractivity contribution < 1.29 is 0 Å². The van der Waals surface area contributed by atoms with Crippen molar-refractivity contribution in [3.05, 3.63) is 45.8 Å². The van der Waals surface area contributed by atoms with Crippen LogP contribution in [0.15, 0.2) is 34.5 Å². The van der Waals surface area contributed by atoms with Gasteiger partial charge in [0.05, 0.1) is 0 Å². The Labute approximate surface area is 108 Å². The molecule has 0 amide bonds. The molecule has 18 heavy (non-hydrogen) atoms. The lowest BCUT2D eigenvalue weighted by molar-refractivity contribution is 0.523. The second-order valence-electron chi connectivity index (χ2n) is 4.54. The van der Waals surface area contributed by atoms with Crippen LogP contribution in [0.3, 0.4) is 0 Å². The zero-order chi connectivity index (χ0) is 13.4. The average Bonchev–Trinajstić information content (AvgIpc) is 2.36. The topological polar surface area (TPSA) is 44.0 Å². The van der Waals surface area contributed by atoms with E-state index < -0.39 is 0 Å². The van der Waals surface area contributed by atoms with Crippen molar-refractivity contribution in [3.8, 4) is 0 Å². The summed E-state index contributed by atoms with van der Waals surface area (Å²) in [6, 6.07) is 1.44. The van der Waals surface area contributed by atoms with Crippen molar-refractivity contribution in [2.75, 3.05) is 0 Å². The van der Waals surface area contributed by atoms with E-state index in [9.17, 15) is 9.59 Å². The van der Waals surface area contributed by atoms with Gasteiger partial charge in [-0.3, -0.25) is 9.36 Å². The van der Waals surface area contributed by atoms with E-state index >= 15 is 0 Å². The first-order chi connectivity index (χ1) is 8.66. The molecule has 1 aromatic rings. The lowest BCUT2D eigenvalue weighted by atomic mass is 10.1. The van der Waals surface area contributed by atoms with Gasteiger partial charge in [0.15, 0.2) is 0 Å². The number of unbranched alkanes of at least 4 members (excludes halogenated alkanes) is 5. The molecular formula is C14H22N2O2. The summed E-state index contributed by atoms with van der Waals surface area (Å²) in [5.74, 6) is 0. The molecule has 0 aliphatic carbocycles. The van der Waals surface area contributed by atoms with Crippen molar-refractivity contribution in [1.82, 2.24) is 9.13 Å². The first-order valence-corrected chi connectivity index (χ1v) is 6.54. The smallest absolute Gasteiger partial charge is 0.303 e. The van der Waals surface area contributed by atoms with E-state index in [1.807, 2.05) is 6.08 Å². The first-order valence-electron chi connectivity index (χ1n) is 6.54. The summed E-state index contributed by atoms with van der Waals surface area (Å²) in [6.45, 7) is 4.21. The zero-order valence-electron chi connectivity index (χ0n) is 11.1. The molecule has 0 N–H and O–H groups in total. The van der Waals surface area contributed by atoms with E-state index in [0.717, 1.165) is 25.7 Å². The predicted octanol–water partition coefficient (Wildman–Crippen LogP) is 2.07. The lowest BCUT2D eigenvalue weighted by Gasteiger charge is -2.06. The fourth-order valence-corrected chi connectivity index (χ4v) is 1.91. The van der Waals surface area contributed by atoms with Gasteiger partial charge in [0.1, 0.15) is 0 Å². The van der Waals surface area contributed by atoms with Gasteiger partial charge in [0.2, 0.25) is 0 Å². The number of aryl methyl sites for hydroxylation is 1. The molecule has 0 spiro atoms. The van der Waals surface area contributed by atoms with Crippen LogP contribution in [0.2, 0.25) is 0 Å². The molecule has 1 heterocycles. The molecule has 1 aromatic heterocycles. The number of hydrogen-bond acceptors (Lipinski definition) is 2. The Morgan fingerprint density at radius 2 is 1.83 bits per heavy atom. The van der Waals surface area contributed by atoms with Crippen LogP contribution in [0.1, 0.15) is 38.5 Å². The van der Waals surface area contributed by atoms with Crippen molar-refractivity contribution in [1.29, 1.82) is 0 Å². The maximum Gasteiger partial charge on any atom is 0.330 e. The van der Waals surface area contributed by atoms with E-state index in [1.54, 1.807) is 7.05 Å². The third-order valence-electron chi connectivity index (χ3n) is 3.03. The minimum absolute atomic E-state index is 0.204. The molecule has 0 bridgehead atoms. The van der Waals surface area contributed by atoms with Crippen LogP contribution >= 0.6 is 0 Å². The van der Waals surface area contributed by atoms with Crippen LogP contribution in [-0.2, 0) is 13.6 Å². The molecule has 0 fully saturated rings. The van der Waals surface area contributed by atoms with Crippen LogP contribution < -0.4 is 11.2 Å². The van der Waals surface area contributed by atoms with Crippen LogP contribution in [0.5, 0.6) is 0 Å². The van der Waals surface area contributed by atoms with E-state index in [-0.39, 0.29) is 11.2 Å². The molecule has 0 saturated heterocycles. The number of allylic oxidation sites excluding steroid dienone is 1. The third-order valence-corrected chi connectivity index (χ3v) is 3.03. The molecule has 0 atom stereocenters. The summed E-state index contributed by atoms with van der Waals surface area (Å²) >= 11 is 0. The first kappa shape index (κ1) is 14.5. The highest BCUT2D eigenvalue weighted by atomic mass is 16.2. The van der Waals surface area contributed by atoms with Crippen LogP contribution in [0.25, 0.3) is 0 Å². The normalized spacial score (nSPS) is 10.5. The molecule has 0 saturated carbocycles. The highest BCUT2D eigenvalue weighted by Gasteiger charge is 2.01. The molecule has 0 aromatic carbocycles. The summed E-state index contributed by atoms with van der Waals surface area (Å²) < 4.78 is 2.75. The number of nitrogens with zero attached hydrogens (tertiary/aromatic N) is 2. The van der Waals surface area contributed by atoms with Crippen molar-refractivity contribution >= 4 is 0 Å². The van der Waals surface area contributed by atoms with Gasteiger partial charge in [-0.05, 0) is 19.3 Å². The van der Waals surface area contributed by atoms with E-state index in [4.69, 9.17) is 0 Å². The van der Waals surface area contributed by atoms with Crippen LogP contribution in [0.4, 0.5) is 0 Å². The Balaban J connectivity index is 2.36. The van der Waals surface area contributed by atoms with Crippen LogP contribution in [-0.4, -0.2) is 9.13 Å². The van der Waals surface area contributed by atoms with Gasteiger partial charge in [-0.1, -0.05) is 25.3 Å². The minimum Gasteiger partial charge on any atom is -0.303 e. The Bertz CT molecular complexity index is 485. The molecular weight excluding hydrogens is 228 g/mol. The van der Waals surface area contributed by atoms with Gasteiger partial charge in [0.25, 0.3) is 5.56 Å². The predicted molar refractivity (Wildman–Crippen MR) is 73.8 cm³/mol. The van der Waals surface area contributed by atoms with Gasteiger partial charge in [0, 0.05) is 25.9 Å². The maximum absolute atomic E-state index is 11.7. The summed E-state index contributed by atoms with van der Waals surface area (Å²) in [5, 5.41) is 0. The van der Waals surface area contributed by atoms with Gasteiger partial charge < -0.3 is 4.57 Å².